The van der Waals surface area contributed by atoms with Gasteiger partial charge in [0.05, 0.1) is 36.9 Å². The number of halogens is 3. The monoisotopic (exact) mass is 495 g/mol. The zero-order valence-electron chi connectivity index (χ0n) is 20.0. The number of alkyl halides is 3. The fraction of sp³-hybridized carbons (Fsp3) is 0.357. The van der Waals surface area contributed by atoms with Crippen LogP contribution in [0.4, 0.5) is 13.2 Å². The Morgan fingerprint density at radius 2 is 1.89 bits per heavy atom. The molecule has 1 unspecified atom stereocenters. The molecule has 0 N–H and O–H groups in total. The summed E-state index contributed by atoms with van der Waals surface area (Å²) in [6.45, 7) is 3.45. The molecule has 5 rings (SSSR count). The second-order valence-corrected chi connectivity index (χ2v) is 9.35. The van der Waals surface area contributed by atoms with E-state index < -0.39 is 11.7 Å². The number of aliphatic imine (C=N–C) groups is 1. The van der Waals surface area contributed by atoms with Crippen LogP contribution in [0.15, 0.2) is 71.8 Å². The van der Waals surface area contributed by atoms with Crippen molar-refractivity contribution < 1.29 is 22.6 Å². The fourth-order valence-corrected chi connectivity index (χ4v) is 4.61. The van der Waals surface area contributed by atoms with Crippen molar-refractivity contribution in [3.8, 4) is 5.69 Å². The van der Waals surface area contributed by atoms with Gasteiger partial charge >= 0.3 is 6.18 Å². The first kappa shape index (κ1) is 24.3. The highest BCUT2D eigenvalue weighted by molar-refractivity contribution is 5.70. The van der Waals surface area contributed by atoms with Crippen LogP contribution in [0.2, 0.25) is 0 Å². The Labute approximate surface area is 208 Å². The van der Waals surface area contributed by atoms with Gasteiger partial charge in [0.1, 0.15) is 11.9 Å². The minimum Gasteiger partial charge on any atom is -0.493 e. The van der Waals surface area contributed by atoms with Crippen LogP contribution in [0, 0.1) is 6.92 Å². The van der Waals surface area contributed by atoms with Crippen molar-refractivity contribution in [1.29, 1.82) is 0 Å². The van der Waals surface area contributed by atoms with E-state index in [4.69, 9.17) is 9.47 Å². The zero-order chi connectivity index (χ0) is 25.1. The molecule has 1 atom stereocenters. The van der Waals surface area contributed by atoms with Gasteiger partial charge in [0, 0.05) is 37.6 Å². The van der Waals surface area contributed by atoms with Gasteiger partial charge in [-0.15, -0.1) is 0 Å². The van der Waals surface area contributed by atoms with Crippen molar-refractivity contribution in [2.45, 2.75) is 50.8 Å². The predicted molar refractivity (Wildman–Crippen MR) is 131 cm³/mol. The maximum atomic E-state index is 13.1. The summed E-state index contributed by atoms with van der Waals surface area (Å²) in [7, 11) is 0. The molecule has 8 heteroatoms. The van der Waals surface area contributed by atoms with Gasteiger partial charge in [-0.05, 0) is 47.7 Å². The maximum absolute atomic E-state index is 13.1. The number of hydrogen-bond donors (Lipinski definition) is 0. The smallest absolute Gasteiger partial charge is 0.416 e. The Morgan fingerprint density at radius 3 is 2.69 bits per heavy atom. The SMILES string of the molecule is Cc1ccc(Cc2cccc(C(F)(F)F)c2)cc1-n1cc(C2C=NC=C(OC3CCOCC3)C2)cn1. The van der Waals surface area contributed by atoms with Gasteiger partial charge in [-0.1, -0.05) is 30.3 Å². The summed E-state index contributed by atoms with van der Waals surface area (Å²) in [4.78, 5) is 4.41. The van der Waals surface area contributed by atoms with E-state index in [1.165, 1.54) is 12.1 Å². The van der Waals surface area contributed by atoms with Crippen molar-refractivity contribution in [3.63, 3.8) is 0 Å². The van der Waals surface area contributed by atoms with Crippen LogP contribution in [0.1, 0.15) is 53.0 Å². The summed E-state index contributed by atoms with van der Waals surface area (Å²) in [5.74, 6) is 0.939. The Hall–Kier alpha value is -3.39. The molecule has 3 aromatic rings. The quantitative estimate of drug-likeness (QED) is 0.398. The van der Waals surface area contributed by atoms with E-state index in [2.05, 4.69) is 10.1 Å². The van der Waals surface area contributed by atoms with E-state index >= 15 is 0 Å². The molecule has 3 heterocycles. The molecule has 36 heavy (non-hydrogen) atoms. The second kappa shape index (κ2) is 10.3. The molecule has 0 radical (unpaired) electrons. The molecule has 2 aliphatic heterocycles. The molecule has 1 saturated heterocycles. The Bertz CT molecular complexity index is 1270. The fourth-order valence-electron chi connectivity index (χ4n) is 4.61. The highest BCUT2D eigenvalue weighted by atomic mass is 19.4. The molecular weight excluding hydrogens is 467 g/mol. The number of rotatable bonds is 6. The average molecular weight is 496 g/mol. The van der Waals surface area contributed by atoms with E-state index in [9.17, 15) is 13.2 Å². The lowest BCUT2D eigenvalue weighted by Crippen LogP contribution is -2.24. The van der Waals surface area contributed by atoms with Gasteiger partial charge in [0.25, 0.3) is 0 Å². The summed E-state index contributed by atoms with van der Waals surface area (Å²) in [6, 6.07) is 11.4. The molecule has 5 nitrogen and oxygen atoms in total. The Morgan fingerprint density at radius 1 is 1.08 bits per heavy atom. The van der Waals surface area contributed by atoms with Crippen LogP contribution in [0.25, 0.3) is 5.69 Å². The highest BCUT2D eigenvalue weighted by Gasteiger charge is 2.30. The minimum atomic E-state index is -4.35. The number of aryl methyl sites for hydroxylation is 1. The number of aromatic nitrogens is 2. The third kappa shape index (κ3) is 5.70. The lowest BCUT2D eigenvalue weighted by Gasteiger charge is -2.26. The predicted octanol–water partition coefficient (Wildman–Crippen LogP) is 6.39. The minimum absolute atomic E-state index is 0.0622. The van der Waals surface area contributed by atoms with Crippen molar-refractivity contribution in [3.05, 3.63) is 94.6 Å². The Kier molecular flexibility index (Phi) is 6.96. The molecule has 0 bridgehead atoms. The van der Waals surface area contributed by atoms with E-state index in [0.29, 0.717) is 12.0 Å². The molecule has 0 amide bonds. The lowest BCUT2D eigenvalue weighted by molar-refractivity contribution is -0.137. The van der Waals surface area contributed by atoms with Gasteiger partial charge in [-0.3, -0.25) is 4.99 Å². The van der Waals surface area contributed by atoms with E-state index in [-0.39, 0.29) is 12.0 Å². The second-order valence-electron chi connectivity index (χ2n) is 9.35. The molecule has 2 aliphatic rings. The van der Waals surface area contributed by atoms with Gasteiger partial charge in [0.2, 0.25) is 0 Å². The molecule has 1 aromatic heterocycles. The number of allylic oxidation sites excluding steroid dienone is 1. The number of nitrogens with zero attached hydrogens (tertiary/aromatic N) is 3. The van der Waals surface area contributed by atoms with Crippen molar-refractivity contribution >= 4 is 6.21 Å². The molecular formula is C28H28F3N3O2. The topological polar surface area (TPSA) is 48.6 Å². The van der Waals surface area contributed by atoms with Crippen LogP contribution in [-0.2, 0) is 22.1 Å². The lowest BCUT2D eigenvalue weighted by atomic mass is 9.97. The zero-order valence-corrected chi connectivity index (χ0v) is 20.0. The van der Waals surface area contributed by atoms with Crippen molar-refractivity contribution in [2.24, 2.45) is 4.99 Å². The van der Waals surface area contributed by atoms with Gasteiger partial charge < -0.3 is 9.47 Å². The number of ether oxygens (including phenoxy) is 2. The first-order valence-electron chi connectivity index (χ1n) is 12.1. The first-order valence-corrected chi connectivity index (χ1v) is 12.1. The normalized spacial score (nSPS) is 18.8. The third-order valence-corrected chi connectivity index (χ3v) is 6.61. The van der Waals surface area contributed by atoms with E-state index in [0.717, 1.165) is 66.7 Å². The standard InChI is InChI=1S/C28H28F3N3O2/c1-19-5-6-21(11-20-3-2-4-24(12-20)28(29,30)31)13-27(19)34-18-23(16-33-34)22-14-26(17-32-15-22)36-25-7-9-35-10-8-25/h2-6,12-13,15-18,22,25H,7-11,14H2,1H3. The van der Waals surface area contributed by atoms with Gasteiger partial charge in [0.15, 0.2) is 0 Å². The largest absolute Gasteiger partial charge is 0.493 e. The van der Waals surface area contributed by atoms with Crippen molar-refractivity contribution in [1.82, 2.24) is 9.78 Å². The summed E-state index contributed by atoms with van der Waals surface area (Å²) >= 11 is 0. The number of benzene rings is 2. The molecule has 0 spiro atoms. The molecule has 188 valence electrons. The third-order valence-electron chi connectivity index (χ3n) is 6.61. The maximum Gasteiger partial charge on any atom is 0.416 e. The Balaban J connectivity index is 1.30. The highest BCUT2D eigenvalue weighted by Crippen LogP contribution is 2.31. The summed E-state index contributed by atoms with van der Waals surface area (Å²) < 4.78 is 52.7. The van der Waals surface area contributed by atoms with Gasteiger partial charge in [-0.2, -0.15) is 18.3 Å². The van der Waals surface area contributed by atoms with Crippen LogP contribution >= 0.6 is 0 Å². The van der Waals surface area contributed by atoms with E-state index in [1.807, 2.05) is 48.4 Å². The molecule has 0 aliphatic carbocycles. The van der Waals surface area contributed by atoms with Crippen molar-refractivity contribution in [2.75, 3.05) is 13.2 Å². The molecule has 2 aromatic carbocycles. The van der Waals surface area contributed by atoms with E-state index in [1.54, 1.807) is 12.3 Å². The summed E-state index contributed by atoms with van der Waals surface area (Å²) in [6.07, 6.45) is 6.25. The first-order chi connectivity index (χ1) is 17.3. The van der Waals surface area contributed by atoms with Crippen LogP contribution < -0.4 is 0 Å². The molecule has 0 saturated carbocycles. The van der Waals surface area contributed by atoms with Gasteiger partial charge in [-0.25, -0.2) is 4.68 Å². The van der Waals surface area contributed by atoms with Crippen LogP contribution in [0.3, 0.4) is 0 Å². The van der Waals surface area contributed by atoms with Crippen LogP contribution in [-0.4, -0.2) is 35.3 Å². The summed E-state index contributed by atoms with van der Waals surface area (Å²) in [5, 5.41) is 4.59. The number of hydrogen-bond acceptors (Lipinski definition) is 4. The van der Waals surface area contributed by atoms with Crippen LogP contribution in [0.5, 0.6) is 0 Å². The average Bonchev–Trinajstić information content (AvgIpc) is 3.36. The summed E-state index contributed by atoms with van der Waals surface area (Å²) in [5.41, 5.74) is 3.85. The molecule has 1 fully saturated rings.